The number of aryl methyl sites for hydroxylation is 1. The largest absolute Gasteiger partial charge is 0.383 e. The Hall–Kier alpha value is -2.67. The summed E-state index contributed by atoms with van der Waals surface area (Å²) in [6.45, 7) is 1.82. The monoisotopic (exact) mass is 330 g/mol. The van der Waals surface area contributed by atoms with E-state index in [1.54, 1.807) is 6.20 Å². The van der Waals surface area contributed by atoms with Crippen molar-refractivity contribution < 1.29 is 14.3 Å². The number of amides is 2. The van der Waals surface area contributed by atoms with Gasteiger partial charge in [0.2, 0.25) is 0 Å². The average molecular weight is 330 g/mol. The Kier molecular flexibility index (Phi) is 6.97. The van der Waals surface area contributed by atoms with Crippen molar-refractivity contribution in [3.8, 4) is 11.4 Å². The summed E-state index contributed by atoms with van der Waals surface area (Å²) >= 11 is 0. The molecule has 0 aliphatic heterocycles. The van der Waals surface area contributed by atoms with E-state index in [4.69, 9.17) is 4.74 Å². The van der Waals surface area contributed by atoms with E-state index in [1.807, 2.05) is 41.1 Å². The molecule has 0 atom stereocenters. The van der Waals surface area contributed by atoms with Crippen LogP contribution in [0.2, 0.25) is 0 Å². The zero-order valence-electron chi connectivity index (χ0n) is 13.7. The second kappa shape index (κ2) is 9.46. The first-order valence-corrected chi connectivity index (χ1v) is 7.84. The van der Waals surface area contributed by atoms with Crippen molar-refractivity contribution in [1.82, 2.24) is 20.2 Å². The minimum Gasteiger partial charge on any atom is -0.383 e. The molecule has 0 saturated heterocycles. The van der Waals surface area contributed by atoms with Crippen LogP contribution in [-0.2, 0) is 20.9 Å². The van der Waals surface area contributed by atoms with Crippen LogP contribution in [0.15, 0.2) is 42.7 Å². The number of imidazole rings is 1. The summed E-state index contributed by atoms with van der Waals surface area (Å²) in [7, 11) is 1.53. The van der Waals surface area contributed by atoms with Crippen LogP contribution < -0.4 is 10.6 Å². The molecule has 0 saturated carbocycles. The van der Waals surface area contributed by atoms with Crippen LogP contribution in [-0.4, -0.2) is 48.2 Å². The summed E-state index contributed by atoms with van der Waals surface area (Å²) < 4.78 is 6.83. The smallest absolute Gasteiger partial charge is 0.309 e. The molecule has 0 aliphatic rings. The number of rotatable bonds is 8. The number of benzene rings is 1. The van der Waals surface area contributed by atoms with E-state index in [9.17, 15) is 9.59 Å². The van der Waals surface area contributed by atoms with Gasteiger partial charge in [0.25, 0.3) is 0 Å². The molecule has 0 aliphatic carbocycles. The minimum absolute atomic E-state index is 0.318. The minimum atomic E-state index is -0.639. The summed E-state index contributed by atoms with van der Waals surface area (Å²) in [5.41, 5.74) is 1.05. The van der Waals surface area contributed by atoms with Gasteiger partial charge in [-0.15, -0.1) is 0 Å². The Morgan fingerprint density at radius 3 is 2.54 bits per heavy atom. The molecule has 0 fully saturated rings. The molecule has 2 rings (SSSR count). The van der Waals surface area contributed by atoms with Crippen LogP contribution in [0.25, 0.3) is 11.4 Å². The highest BCUT2D eigenvalue weighted by Crippen LogP contribution is 2.16. The standard InChI is InChI=1S/C17H22N4O3/c1-24-13-10-20-17(23)16(22)19-8-5-11-21-12-9-18-15(21)14-6-3-2-4-7-14/h2-4,6-7,9,12H,5,8,10-11,13H2,1H3,(H,19,22)(H,20,23). The van der Waals surface area contributed by atoms with Gasteiger partial charge in [-0.1, -0.05) is 30.3 Å². The lowest BCUT2D eigenvalue weighted by molar-refractivity contribution is -0.139. The molecule has 128 valence electrons. The maximum Gasteiger partial charge on any atom is 0.309 e. The van der Waals surface area contributed by atoms with Gasteiger partial charge in [0.1, 0.15) is 5.82 Å². The van der Waals surface area contributed by atoms with E-state index in [-0.39, 0.29) is 0 Å². The molecule has 2 aromatic rings. The zero-order valence-corrected chi connectivity index (χ0v) is 13.7. The van der Waals surface area contributed by atoms with Gasteiger partial charge in [0.15, 0.2) is 0 Å². The van der Waals surface area contributed by atoms with Gasteiger partial charge in [-0.2, -0.15) is 0 Å². The summed E-state index contributed by atoms with van der Waals surface area (Å²) in [6, 6.07) is 9.91. The molecule has 2 amide bonds. The first-order valence-electron chi connectivity index (χ1n) is 7.84. The highest BCUT2D eigenvalue weighted by molar-refractivity contribution is 6.35. The quantitative estimate of drug-likeness (QED) is 0.554. The fourth-order valence-electron chi connectivity index (χ4n) is 2.22. The van der Waals surface area contributed by atoms with Crippen molar-refractivity contribution in [3.05, 3.63) is 42.7 Å². The third kappa shape index (κ3) is 5.20. The lowest BCUT2D eigenvalue weighted by atomic mass is 10.2. The Morgan fingerprint density at radius 2 is 1.83 bits per heavy atom. The van der Waals surface area contributed by atoms with Crippen molar-refractivity contribution in [3.63, 3.8) is 0 Å². The number of methoxy groups -OCH3 is 1. The summed E-state index contributed by atoms with van der Waals surface area (Å²) in [4.78, 5) is 27.5. The van der Waals surface area contributed by atoms with E-state index in [0.29, 0.717) is 32.7 Å². The molecule has 2 N–H and O–H groups in total. The van der Waals surface area contributed by atoms with Crippen LogP contribution in [0.3, 0.4) is 0 Å². The van der Waals surface area contributed by atoms with Crippen LogP contribution in [0, 0.1) is 0 Å². The third-order valence-electron chi connectivity index (χ3n) is 3.41. The lowest BCUT2D eigenvalue weighted by Crippen LogP contribution is -2.41. The Balaban J connectivity index is 1.74. The van der Waals surface area contributed by atoms with Gasteiger partial charge >= 0.3 is 11.8 Å². The van der Waals surface area contributed by atoms with Crippen LogP contribution >= 0.6 is 0 Å². The van der Waals surface area contributed by atoms with Crippen molar-refractivity contribution in [2.24, 2.45) is 0 Å². The predicted molar refractivity (Wildman–Crippen MR) is 90.2 cm³/mol. The van der Waals surface area contributed by atoms with Crippen molar-refractivity contribution in [1.29, 1.82) is 0 Å². The van der Waals surface area contributed by atoms with Crippen molar-refractivity contribution >= 4 is 11.8 Å². The van der Waals surface area contributed by atoms with Gasteiger partial charge in [0.05, 0.1) is 6.61 Å². The molecule has 7 heteroatoms. The molecule has 0 unspecified atom stereocenters. The SMILES string of the molecule is COCCNC(=O)C(=O)NCCCn1ccnc1-c1ccccc1. The molecule has 1 aromatic heterocycles. The van der Waals surface area contributed by atoms with Gasteiger partial charge in [-0.25, -0.2) is 4.98 Å². The van der Waals surface area contributed by atoms with Crippen LogP contribution in [0.1, 0.15) is 6.42 Å². The Morgan fingerprint density at radius 1 is 1.12 bits per heavy atom. The maximum atomic E-state index is 11.6. The van der Waals surface area contributed by atoms with E-state index in [0.717, 1.165) is 11.4 Å². The molecule has 1 aromatic carbocycles. The fourth-order valence-corrected chi connectivity index (χ4v) is 2.22. The number of hydrogen-bond acceptors (Lipinski definition) is 4. The van der Waals surface area contributed by atoms with E-state index < -0.39 is 11.8 Å². The number of aromatic nitrogens is 2. The Bertz CT molecular complexity index is 655. The maximum absolute atomic E-state index is 11.6. The zero-order chi connectivity index (χ0) is 17.2. The van der Waals surface area contributed by atoms with Gasteiger partial charge in [-0.3, -0.25) is 9.59 Å². The third-order valence-corrected chi connectivity index (χ3v) is 3.41. The molecule has 0 radical (unpaired) electrons. The predicted octanol–water partition coefficient (Wildman–Crippen LogP) is 0.819. The summed E-state index contributed by atoms with van der Waals surface area (Å²) in [5.74, 6) is -0.376. The van der Waals surface area contributed by atoms with Gasteiger partial charge in [0, 0.05) is 44.7 Å². The van der Waals surface area contributed by atoms with Crippen LogP contribution in [0.4, 0.5) is 0 Å². The fraction of sp³-hybridized carbons (Fsp3) is 0.353. The topological polar surface area (TPSA) is 85.2 Å². The molecule has 7 nitrogen and oxygen atoms in total. The normalized spacial score (nSPS) is 10.4. The highest BCUT2D eigenvalue weighted by atomic mass is 16.5. The first kappa shape index (κ1) is 17.7. The van der Waals surface area contributed by atoms with Gasteiger partial charge < -0.3 is 19.9 Å². The van der Waals surface area contributed by atoms with Gasteiger partial charge in [-0.05, 0) is 6.42 Å². The molecule has 0 bridgehead atoms. The second-order valence-corrected chi connectivity index (χ2v) is 5.17. The van der Waals surface area contributed by atoms with Crippen molar-refractivity contribution in [2.75, 3.05) is 26.8 Å². The van der Waals surface area contributed by atoms with Crippen molar-refractivity contribution in [2.45, 2.75) is 13.0 Å². The Labute approximate surface area is 141 Å². The highest BCUT2D eigenvalue weighted by Gasteiger charge is 2.11. The first-order chi connectivity index (χ1) is 11.7. The van der Waals surface area contributed by atoms with E-state index in [1.165, 1.54) is 7.11 Å². The number of nitrogens with zero attached hydrogens (tertiary/aromatic N) is 2. The average Bonchev–Trinajstić information content (AvgIpc) is 3.08. The van der Waals surface area contributed by atoms with E-state index in [2.05, 4.69) is 15.6 Å². The summed E-state index contributed by atoms with van der Waals surface area (Å²) in [5, 5.41) is 5.08. The summed E-state index contributed by atoms with van der Waals surface area (Å²) in [6.07, 6.45) is 4.36. The molecular formula is C17H22N4O3. The second-order valence-electron chi connectivity index (χ2n) is 5.17. The molecular weight excluding hydrogens is 308 g/mol. The number of nitrogens with one attached hydrogen (secondary N) is 2. The van der Waals surface area contributed by atoms with E-state index >= 15 is 0 Å². The molecule has 0 spiro atoms. The number of hydrogen-bond donors (Lipinski definition) is 2. The molecule has 1 heterocycles. The number of ether oxygens (including phenoxy) is 1. The number of carbonyl (C=O) groups is 2. The number of carbonyl (C=O) groups excluding carboxylic acids is 2. The molecule has 24 heavy (non-hydrogen) atoms. The lowest BCUT2D eigenvalue weighted by Gasteiger charge is -2.09. The van der Waals surface area contributed by atoms with Crippen LogP contribution in [0.5, 0.6) is 0 Å².